The molecule has 1 saturated heterocycles. The molecule has 8 heteroatoms. The van der Waals surface area contributed by atoms with Crippen molar-refractivity contribution in [3.63, 3.8) is 0 Å². The molecular formula is C32H34ClN3O4. The van der Waals surface area contributed by atoms with Crippen LogP contribution in [-0.4, -0.2) is 58.9 Å². The number of primary amides is 1. The summed E-state index contributed by atoms with van der Waals surface area (Å²) in [6.45, 7) is 2.34. The highest BCUT2D eigenvalue weighted by molar-refractivity contribution is 6.31. The number of aromatic carboxylic acids is 1. The van der Waals surface area contributed by atoms with Gasteiger partial charge in [0.25, 0.3) is 0 Å². The zero-order chi connectivity index (χ0) is 28.3. The maximum atomic E-state index is 14.1. The molecule has 0 aromatic heterocycles. The number of rotatable bonds is 7. The van der Waals surface area contributed by atoms with Crippen molar-refractivity contribution < 1.29 is 19.5 Å². The number of nitrogens with two attached hydrogens (primary N) is 1. The molecule has 40 heavy (non-hydrogen) atoms. The molecule has 208 valence electrons. The van der Waals surface area contributed by atoms with E-state index in [9.17, 15) is 19.5 Å². The molecule has 0 spiro atoms. The van der Waals surface area contributed by atoms with Crippen molar-refractivity contribution in [2.75, 3.05) is 26.2 Å². The number of amides is 2. The third-order valence-corrected chi connectivity index (χ3v) is 8.80. The quantitative estimate of drug-likeness (QED) is 0.429. The number of carbonyl (C=O) groups is 3. The van der Waals surface area contributed by atoms with Gasteiger partial charge in [-0.15, -0.1) is 0 Å². The molecule has 0 unspecified atom stereocenters. The number of hydrogen-bond donors (Lipinski definition) is 2. The van der Waals surface area contributed by atoms with Crippen LogP contribution in [0.25, 0.3) is 0 Å². The predicted molar refractivity (Wildman–Crippen MR) is 154 cm³/mol. The first-order valence-corrected chi connectivity index (χ1v) is 14.2. The molecule has 2 amide bonds. The zero-order valence-corrected chi connectivity index (χ0v) is 23.1. The molecule has 3 aromatic carbocycles. The standard InChI is InChI=1S/C32H34ClN3O4/c33-24-14-15-26(25(21-24)30(38)39)32(31(34)40)16-8-7-13-27(32)29(37)36-19-17-35(18-20-36)28(22-9-3-1-4-10-22)23-11-5-2-6-12-23/h1-6,9-12,14-15,21,27-28H,7-8,13,16-20H2,(H2,34,40)(H,38,39)/t27-,32+/m1/s1. The summed E-state index contributed by atoms with van der Waals surface area (Å²) in [5.74, 6) is -2.73. The van der Waals surface area contributed by atoms with Gasteiger partial charge in [-0.25, -0.2) is 4.79 Å². The van der Waals surface area contributed by atoms with Crippen LogP contribution in [0.15, 0.2) is 78.9 Å². The molecule has 0 bridgehead atoms. The maximum absolute atomic E-state index is 14.1. The van der Waals surface area contributed by atoms with Gasteiger partial charge in [0.05, 0.1) is 22.9 Å². The second kappa shape index (κ2) is 11.8. The minimum absolute atomic E-state index is 0.0613. The van der Waals surface area contributed by atoms with Gasteiger partial charge in [0.2, 0.25) is 11.8 Å². The van der Waals surface area contributed by atoms with Crippen molar-refractivity contribution in [1.82, 2.24) is 9.80 Å². The molecule has 3 N–H and O–H groups in total. The van der Waals surface area contributed by atoms with Crippen LogP contribution in [0.5, 0.6) is 0 Å². The first-order valence-electron chi connectivity index (χ1n) is 13.8. The number of carbonyl (C=O) groups excluding carboxylic acids is 2. The normalized spacial score (nSPS) is 21.8. The predicted octanol–water partition coefficient (Wildman–Crippen LogP) is 4.89. The molecule has 5 rings (SSSR count). The Balaban J connectivity index is 1.42. The number of nitrogens with zero attached hydrogens (tertiary/aromatic N) is 2. The molecule has 2 atom stereocenters. The van der Waals surface area contributed by atoms with Crippen molar-refractivity contribution in [3.05, 3.63) is 106 Å². The van der Waals surface area contributed by atoms with Crippen LogP contribution in [0.3, 0.4) is 0 Å². The van der Waals surface area contributed by atoms with E-state index >= 15 is 0 Å². The van der Waals surface area contributed by atoms with Gasteiger partial charge in [-0.05, 0) is 41.7 Å². The number of piperazine rings is 1. The van der Waals surface area contributed by atoms with Crippen LogP contribution in [0.4, 0.5) is 0 Å². The average Bonchev–Trinajstić information content (AvgIpc) is 2.98. The summed E-state index contributed by atoms with van der Waals surface area (Å²) >= 11 is 6.11. The van der Waals surface area contributed by atoms with Crippen LogP contribution in [-0.2, 0) is 15.0 Å². The van der Waals surface area contributed by atoms with Gasteiger partial charge in [0.1, 0.15) is 0 Å². The molecule has 1 saturated carbocycles. The van der Waals surface area contributed by atoms with Gasteiger partial charge in [-0.3, -0.25) is 14.5 Å². The van der Waals surface area contributed by atoms with Crippen molar-refractivity contribution in [2.24, 2.45) is 11.7 Å². The Labute approximate surface area is 239 Å². The van der Waals surface area contributed by atoms with E-state index in [1.165, 1.54) is 17.2 Å². The monoisotopic (exact) mass is 559 g/mol. The maximum Gasteiger partial charge on any atom is 0.336 e. The molecule has 0 radical (unpaired) electrons. The van der Waals surface area contributed by atoms with E-state index in [0.29, 0.717) is 45.4 Å². The fourth-order valence-electron chi connectivity index (χ4n) is 6.65. The zero-order valence-electron chi connectivity index (χ0n) is 22.3. The molecule has 1 heterocycles. The van der Waals surface area contributed by atoms with Gasteiger partial charge >= 0.3 is 5.97 Å². The van der Waals surface area contributed by atoms with Crippen molar-refractivity contribution >= 4 is 29.4 Å². The van der Waals surface area contributed by atoms with E-state index in [4.69, 9.17) is 17.3 Å². The third-order valence-electron chi connectivity index (χ3n) is 8.56. The Bertz CT molecular complexity index is 1340. The summed E-state index contributed by atoms with van der Waals surface area (Å²) in [5.41, 5.74) is 7.23. The Kier molecular flexibility index (Phi) is 8.24. The number of halogens is 1. The van der Waals surface area contributed by atoms with E-state index in [2.05, 4.69) is 29.2 Å². The Hall–Kier alpha value is -3.68. The Morgan fingerprint density at radius 1 is 0.875 bits per heavy atom. The van der Waals surface area contributed by atoms with E-state index in [-0.39, 0.29) is 28.1 Å². The molecule has 2 fully saturated rings. The highest BCUT2D eigenvalue weighted by Gasteiger charge is 2.53. The lowest BCUT2D eigenvalue weighted by Gasteiger charge is -2.46. The molecule has 2 aliphatic rings. The number of hydrogen-bond acceptors (Lipinski definition) is 4. The minimum Gasteiger partial charge on any atom is -0.478 e. The number of carboxylic acids is 1. The smallest absolute Gasteiger partial charge is 0.336 e. The minimum atomic E-state index is -1.40. The SMILES string of the molecule is NC(=O)[C@]1(c2ccc(Cl)cc2C(=O)O)CCCC[C@@H]1C(=O)N1CCN(C(c2ccccc2)c2ccccc2)CC1. The molecular weight excluding hydrogens is 526 g/mol. The molecule has 7 nitrogen and oxygen atoms in total. The molecule has 1 aliphatic heterocycles. The topological polar surface area (TPSA) is 104 Å². The van der Waals surface area contributed by atoms with Crippen LogP contribution < -0.4 is 5.73 Å². The van der Waals surface area contributed by atoms with E-state index in [0.717, 1.165) is 6.42 Å². The lowest BCUT2D eigenvalue weighted by Crippen LogP contribution is -2.58. The van der Waals surface area contributed by atoms with Crippen LogP contribution in [0, 0.1) is 5.92 Å². The Morgan fingerprint density at radius 3 is 2.02 bits per heavy atom. The van der Waals surface area contributed by atoms with Gasteiger partial charge in [-0.1, -0.05) is 91.2 Å². The van der Waals surface area contributed by atoms with Crippen molar-refractivity contribution in [3.8, 4) is 0 Å². The van der Waals surface area contributed by atoms with E-state index in [1.54, 1.807) is 12.1 Å². The fourth-order valence-corrected chi connectivity index (χ4v) is 6.82. The summed E-state index contributed by atoms with van der Waals surface area (Å²) < 4.78 is 0. The molecule has 3 aromatic rings. The fraction of sp³-hybridized carbons (Fsp3) is 0.344. The van der Waals surface area contributed by atoms with Crippen molar-refractivity contribution in [1.29, 1.82) is 0 Å². The van der Waals surface area contributed by atoms with Crippen LogP contribution in [0.1, 0.15) is 58.8 Å². The third kappa shape index (κ3) is 5.23. The largest absolute Gasteiger partial charge is 0.478 e. The van der Waals surface area contributed by atoms with Gasteiger partial charge in [0.15, 0.2) is 0 Å². The Morgan fingerprint density at radius 2 is 1.48 bits per heavy atom. The molecule has 1 aliphatic carbocycles. The van der Waals surface area contributed by atoms with E-state index < -0.39 is 23.2 Å². The second-order valence-electron chi connectivity index (χ2n) is 10.7. The van der Waals surface area contributed by atoms with Crippen molar-refractivity contribution in [2.45, 2.75) is 37.1 Å². The van der Waals surface area contributed by atoms with Crippen LogP contribution in [0.2, 0.25) is 5.02 Å². The summed E-state index contributed by atoms with van der Waals surface area (Å²) in [6, 6.07) is 25.2. The number of carboxylic acid groups (broad SMARTS) is 1. The average molecular weight is 560 g/mol. The first kappa shape index (κ1) is 27.9. The van der Waals surface area contributed by atoms with E-state index in [1.807, 2.05) is 41.3 Å². The van der Waals surface area contributed by atoms with Gasteiger partial charge < -0.3 is 15.7 Å². The van der Waals surface area contributed by atoms with Gasteiger partial charge in [0, 0.05) is 31.2 Å². The summed E-state index contributed by atoms with van der Waals surface area (Å²) in [6.07, 6.45) is 2.24. The second-order valence-corrected chi connectivity index (χ2v) is 11.2. The highest BCUT2D eigenvalue weighted by atomic mass is 35.5. The summed E-state index contributed by atoms with van der Waals surface area (Å²) in [5, 5.41) is 10.2. The summed E-state index contributed by atoms with van der Waals surface area (Å²) in [7, 11) is 0. The highest BCUT2D eigenvalue weighted by Crippen LogP contribution is 2.46. The lowest BCUT2D eigenvalue weighted by molar-refractivity contribution is -0.146. The van der Waals surface area contributed by atoms with Gasteiger partial charge in [-0.2, -0.15) is 0 Å². The number of benzene rings is 3. The van der Waals surface area contributed by atoms with Crippen LogP contribution >= 0.6 is 11.6 Å². The first-order chi connectivity index (χ1) is 19.3. The lowest BCUT2D eigenvalue weighted by atomic mass is 9.60. The summed E-state index contributed by atoms with van der Waals surface area (Å²) in [4.78, 5) is 43.7.